The molecule has 6 nitrogen and oxygen atoms in total. The summed E-state index contributed by atoms with van der Waals surface area (Å²) in [6.07, 6.45) is 0. The van der Waals surface area contributed by atoms with Crippen LogP contribution in [0.15, 0.2) is 35.2 Å². The van der Waals surface area contributed by atoms with Gasteiger partial charge < -0.3 is 4.74 Å². The van der Waals surface area contributed by atoms with Gasteiger partial charge in [-0.05, 0) is 62.1 Å². The third-order valence-corrected chi connectivity index (χ3v) is 5.92. The van der Waals surface area contributed by atoms with Crippen LogP contribution < -0.4 is 15.0 Å². The van der Waals surface area contributed by atoms with E-state index in [-0.39, 0.29) is 11.5 Å². The molecule has 0 radical (unpaired) electrons. The van der Waals surface area contributed by atoms with Crippen molar-refractivity contribution >= 4 is 27.5 Å². The molecule has 0 bridgehead atoms. The number of carbonyl (C=O) groups is 1. The lowest BCUT2D eigenvalue weighted by atomic mass is 10.0. The second-order valence-corrected chi connectivity index (χ2v) is 7.99. The standard InChI is InChI=1S/C18H21ClN2O4S/c1-11-9-12(2)14(4)18(13(11)3)26(23,24)21-20-17(22)10-25-16-8-6-5-7-15(16)19/h5-9,21H,10H2,1-4H3,(H,20,22). The lowest BCUT2D eigenvalue weighted by Gasteiger charge is -2.16. The lowest BCUT2D eigenvalue weighted by Crippen LogP contribution is -2.44. The number of hydrogen-bond acceptors (Lipinski definition) is 4. The van der Waals surface area contributed by atoms with Crippen molar-refractivity contribution in [2.75, 3.05) is 6.61 Å². The fourth-order valence-corrected chi connectivity index (χ4v) is 4.17. The number of halogens is 1. The molecule has 0 atom stereocenters. The first-order chi connectivity index (χ1) is 12.1. The molecule has 1 amide bonds. The molecule has 140 valence electrons. The zero-order valence-electron chi connectivity index (χ0n) is 15.0. The van der Waals surface area contributed by atoms with Crippen molar-refractivity contribution in [2.24, 2.45) is 0 Å². The lowest BCUT2D eigenvalue weighted by molar-refractivity contribution is -0.123. The van der Waals surface area contributed by atoms with Gasteiger partial charge in [-0.15, -0.1) is 4.83 Å². The van der Waals surface area contributed by atoms with Crippen LogP contribution >= 0.6 is 11.6 Å². The Balaban J connectivity index is 2.07. The molecule has 2 aromatic rings. The molecule has 2 aromatic carbocycles. The number of sulfonamides is 1. The van der Waals surface area contributed by atoms with E-state index in [1.807, 2.05) is 19.9 Å². The van der Waals surface area contributed by atoms with Crippen molar-refractivity contribution in [2.45, 2.75) is 32.6 Å². The Kier molecular flexibility index (Phi) is 6.28. The molecule has 2 rings (SSSR count). The number of benzene rings is 2. The number of amides is 1. The smallest absolute Gasteiger partial charge is 0.272 e. The monoisotopic (exact) mass is 396 g/mol. The van der Waals surface area contributed by atoms with Crippen molar-refractivity contribution in [1.82, 2.24) is 10.3 Å². The van der Waals surface area contributed by atoms with E-state index in [9.17, 15) is 13.2 Å². The summed E-state index contributed by atoms with van der Waals surface area (Å²) in [7, 11) is -3.92. The van der Waals surface area contributed by atoms with Gasteiger partial charge in [0.1, 0.15) is 5.75 Å². The molecule has 0 heterocycles. The van der Waals surface area contributed by atoms with Crippen LogP contribution in [0.3, 0.4) is 0 Å². The molecule has 0 saturated heterocycles. The van der Waals surface area contributed by atoms with Crippen LogP contribution in [-0.2, 0) is 14.8 Å². The van der Waals surface area contributed by atoms with Crippen LogP contribution in [0.1, 0.15) is 22.3 Å². The molecule has 0 fully saturated rings. The number of carbonyl (C=O) groups excluding carboxylic acids is 1. The number of ether oxygens (including phenoxy) is 1. The highest BCUT2D eigenvalue weighted by molar-refractivity contribution is 7.89. The maximum absolute atomic E-state index is 12.6. The number of hydrazine groups is 1. The number of rotatable bonds is 6. The maximum Gasteiger partial charge on any atom is 0.272 e. The Labute approximate surface area is 158 Å². The Bertz CT molecular complexity index is 916. The van der Waals surface area contributed by atoms with E-state index >= 15 is 0 Å². The quantitative estimate of drug-likeness (QED) is 0.735. The van der Waals surface area contributed by atoms with Gasteiger partial charge in [-0.2, -0.15) is 0 Å². The molecule has 26 heavy (non-hydrogen) atoms. The molecule has 0 aliphatic carbocycles. The molecule has 0 saturated carbocycles. The highest BCUT2D eigenvalue weighted by atomic mass is 35.5. The van der Waals surface area contributed by atoms with Gasteiger partial charge in [0.2, 0.25) is 0 Å². The van der Waals surface area contributed by atoms with Crippen molar-refractivity contribution in [3.63, 3.8) is 0 Å². The summed E-state index contributed by atoms with van der Waals surface area (Å²) in [5.74, 6) is -0.304. The van der Waals surface area contributed by atoms with Crippen molar-refractivity contribution in [3.05, 3.63) is 57.6 Å². The second-order valence-electron chi connectivity index (χ2n) is 5.96. The predicted octanol–water partition coefficient (Wildman–Crippen LogP) is 2.96. The van der Waals surface area contributed by atoms with Gasteiger partial charge in [-0.25, -0.2) is 8.42 Å². The highest BCUT2D eigenvalue weighted by Crippen LogP contribution is 2.25. The Morgan fingerprint density at radius 2 is 1.65 bits per heavy atom. The molecule has 2 N–H and O–H groups in total. The van der Waals surface area contributed by atoms with E-state index in [1.54, 1.807) is 38.1 Å². The first kappa shape index (κ1) is 20.2. The number of nitrogens with one attached hydrogen (secondary N) is 2. The summed E-state index contributed by atoms with van der Waals surface area (Å²) < 4.78 is 30.5. The number of hydrogen-bond donors (Lipinski definition) is 2. The largest absolute Gasteiger partial charge is 0.482 e. The van der Waals surface area contributed by atoms with Crippen molar-refractivity contribution in [3.8, 4) is 5.75 Å². The second kappa shape index (κ2) is 8.07. The maximum atomic E-state index is 12.6. The average Bonchev–Trinajstić information content (AvgIpc) is 2.57. The topological polar surface area (TPSA) is 84.5 Å². The Morgan fingerprint density at radius 1 is 1.08 bits per heavy atom. The molecule has 0 unspecified atom stereocenters. The summed E-state index contributed by atoms with van der Waals surface area (Å²) >= 11 is 5.93. The van der Waals surface area contributed by atoms with Gasteiger partial charge in [0.05, 0.1) is 9.92 Å². The van der Waals surface area contributed by atoms with E-state index in [0.29, 0.717) is 21.9 Å². The SMILES string of the molecule is Cc1cc(C)c(C)c(S(=O)(=O)NNC(=O)COc2ccccc2Cl)c1C. The number of para-hydroxylation sites is 1. The van der Waals surface area contributed by atoms with Crippen molar-refractivity contribution < 1.29 is 17.9 Å². The fourth-order valence-electron chi connectivity index (χ4n) is 2.50. The minimum absolute atomic E-state index is 0.169. The Morgan fingerprint density at radius 3 is 2.23 bits per heavy atom. The van der Waals surface area contributed by atoms with Gasteiger partial charge >= 0.3 is 0 Å². The molecule has 0 spiro atoms. The third kappa shape index (κ3) is 4.55. The minimum atomic E-state index is -3.92. The summed E-state index contributed by atoms with van der Waals surface area (Å²) in [5.41, 5.74) is 5.17. The van der Waals surface area contributed by atoms with Gasteiger partial charge in [0, 0.05) is 0 Å². The van der Waals surface area contributed by atoms with Gasteiger partial charge in [-0.1, -0.05) is 29.8 Å². The first-order valence-corrected chi connectivity index (χ1v) is 9.75. The zero-order chi connectivity index (χ0) is 19.5. The molecular weight excluding hydrogens is 376 g/mol. The van der Waals surface area contributed by atoms with E-state index in [4.69, 9.17) is 16.3 Å². The van der Waals surface area contributed by atoms with Gasteiger partial charge in [-0.3, -0.25) is 10.2 Å². The van der Waals surface area contributed by atoms with Crippen LogP contribution in [-0.4, -0.2) is 20.9 Å². The zero-order valence-corrected chi connectivity index (χ0v) is 16.6. The number of aryl methyl sites for hydroxylation is 2. The van der Waals surface area contributed by atoms with E-state index in [2.05, 4.69) is 10.3 Å². The predicted molar refractivity (Wildman–Crippen MR) is 101 cm³/mol. The van der Waals surface area contributed by atoms with Crippen LogP contribution in [0.4, 0.5) is 0 Å². The third-order valence-electron chi connectivity index (χ3n) is 4.09. The first-order valence-electron chi connectivity index (χ1n) is 7.89. The summed E-state index contributed by atoms with van der Waals surface area (Å²) in [6, 6.07) is 8.62. The minimum Gasteiger partial charge on any atom is -0.482 e. The summed E-state index contributed by atoms with van der Waals surface area (Å²) in [5, 5.41) is 0.363. The van der Waals surface area contributed by atoms with E-state index in [0.717, 1.165) is 11.1 Å². The van der Waals surface area contributed by atoms with Crippen LogP contribution in [0, 0.1) is 27.7 Å². The van der Waals surface area contributed by atoms with E-state index < -0.39 is 15.9 Å². The average molecular weight is 397 g/mol. The van der Waals surface area contributed by atoms with Crippen LogP contribution in [0.5, 0.6) is 5.75 Å². The van der Waals surface area contributed by atoms with Crippen molar-refractivity contribution in [1.29, 1.82) is 0 Å². The highest BCUT2D eigenvalue weighted by Gasteiger charge is 2.22. The molecular formula is C18H21ClN2O4S. The Hall–Kier alpha value is -2.09. The van der Waals surface area contributed by atoms with Gasteiger partial charge in [0.25, 0.3) is 15.9 Å². The van der Waals surface area contributed by atoms with E-state index in [1.165, 1.54) is 0 Å². The molecule has 0 aromatic heterocycles. The molecule has 0 aliphatic rings. The fraction of sp³-hybridized carbons (Fsp3) is 0.278. The summed E-state index contributed by atoms with van der Waals surface area (Å²) in [4.78, 5) is 14.2. The van der Waals surface area contributed by atoms with Gasteiger partial charge in [0.15, 0.2) is 6.61 Å². The van der Waals surface area contributed by atoms with Crippen LogP contribution in [0.25, 0.3) is 0 Å². The van der Waals surface area contributed by atoms with Crippen LogP contribution in [0.2, 0.25) is 5.02 Å². The normalized spacial score (nSPS) is 11.3. The molecule has 8 heteroatoms. The summed E-state index contributed by atoms with van der Waals surface area (Å²) in [6.45, 7) is 6.78. The molecule has 0 aliphatic heterocycles.